The lowest BCUT2D eigenvalue weighted by molar-refractivity contribution is 0.600. The first kappa shape index (κ1) is 18.9. The number of anilines is 1. The van der Waals surface area contributed by atoms with Crippen LogP contribution >= 0.6 is 11.6 Å². The molecule has 0 saturated heterocycles. The van der Waals surface area contributed by atoms with Gasteiger partial charge in [0.1, 0.15) is 12.7 Å². The Morgan fingerprint density at radius 3 is 2.38 bits per heavy atom. The van der Waals surface area contributed by atoms with E-state index >= 15 is 0 Å². The summed E-state index contributed by atoms with van der Waals surface area (Å²) in [4.78, 5) is 31.6. The Kier molecular flexibility index (Phi) is 4.47. The van der Waals surface area contributed by atoms with Gasteiger partial charge in [0.2, 0.25) is 0 Å². The fourth-order valence-electron chi connectivity index (χ4n) is 2.84. The summed E-state index contributed by atoms with van der Waals surface area (Å²) in [5, 5.41) is 4.25. The molecular weight excluding hydrogens is 420 g/mol. The maximum absolute atomic E-state index is 12.9. The van der Waals surface area contributed by atoms with E-state index in [1.807, 2.05) is 0 Å². The Labute approximate surface area is 168 Å². The van der Waals surface area contributed by atoms with Crippen molar-refractivity contribution in [3.63, 3.8) is 0 Å². The third kappa shape index (κ3) is 3.52. The van der Waals surface area contributed by atoms with E-state index in [0.717, 1.165) is 0 Å². The smallest absolute Gasteiger partial charge is 0.314 e. The fraction of sp³-hybridized carbons (Fsp3) is 0.0588. The van der Waals surface area contributed by atoms with Crippen LogP contribution in [0.1, 0.15) is 5.56 Å². The summed E-state index contributed by atoms with van der Waals surface area (Å²) in [6.07, 6.45) is 2.82. The number of aryl methyl sites for hydroxylation is 1. The lowest BCUT2D eigenvalue weighted by Crippen LogP contribution is -2.29. The molecule has 29 heavy (non-hydrogen) atoms. The monoisotopic (exact) mass is 432 g/mol. The summed E-state index contributed by atoms with van der Waals surface area (Å²) in [7, 11) is -4.00. The Bertz CT molecular complexity index is 1460. The molecule has 0 aliphatic rings. The molecule has 0 atom stereocenters. The Balaban J connectivity index is 1.73. The molecule has 4 aromatic rings. The van der Waals surface area contributed by atoms with Crippen LogP contribution in [0.25, 0.3) is 16.7 Å². The van der Waals surface area contributed by atoms with Crippen molar-refractivity contribution in [1.82, 2.24) is 24.7 Å². The van der Waals surface area contributed by atoms with Crippen LogP contribution in [0.2, 0.25) is 5.02 Å². The number of aromatic amines is 2. The average molecular weight is 433 g/mol. The summed E-state index contributed by atoms with van der Waals surface area (Å²) in [6, 6.07) is 7.35. The van der Waals surface area contributed by atoms with Gasteiger partial charge in [-0.15, -0.1) is 0 Å². The molecule has 4 rings (SSSR count). The average Bonchev–Trinajstić information content (AvgIpc) is 3.16. The van der Waals surface area contributed by atoms with Gasteiger partial charge in [-0.05, 0) is 42.8 Å². The number of nitrogens with one attached hydrogen (secondary N) is 3. The van der Waals surface area contributed by atoms with Gasteiger partial charge in [-0.3, -0.25) is 14.3 Å². The summed E-state index contributed by atoms with van der Waals surface area (Å²) < 4.78 is 29.7. The summed E-state index contributed by atoms with van der Waals surface area (Å²) in [5.41, 5.74) is 0.00851. The van der Waals surface area contributed by atoms with Crippen molar-refractivity contribution < 1.29 is 8.42 Å². The highest BCUT2D eigenvalue weighted by Gasteiger charge is 2.19. The van der Waals surface area contributed by atoms with Crippen molar-refractivity contribution in [2.75, 3.05) is 4.72 Å². The maximum Gasteiger partial charge on any atom is 0.314 e. The van der Waals surface area contributed by atoms with Crippen LogP contribution in [0.4, 0.5) is 5.69 Å². The van der Waals surface area contributed by atoms with Gasteiger partial charge in [-0.1, -0.05) is 11.6 Å². The number of halogens is 1. The third-order valence-corrected chi connectivity index (χ3v) is 6.00. The van der Waals surface area contributed by atoms with Gasteiger partial charge < -0.3 is 9.97 Å². The molecule has 0 bridgehead atoms. The van der Waals surface area contributed by atoms with E-state index in [1.165, 1.54) is 41.6 Å². The SMILES string of the molecule is Cc1cc2[nH]c(=O)c(=O)[nH]c2cc1S(=O)(=O)Nc1ccc(-n2cncn2)c(Cl)c1. The van der Waals surface area contributed by atoms with Crippen molar-refractivity contribution >= 4 is 38.3 Å². The minimum atomic E-state index is -4.00. The summed E-state index contributed by atoms with van der Waals surface area (Å²) in [6.45, 7) is 1.58. The molecule has 0 aliphatic carbocycles. The molecule has 3 N–H and O–H groups in total. The first-order valence-corrected chi connectivity index (χ1v) is 10.0. The zero-order chi connectivity index (χ0) is 20.8. The van der Waals surface area contributed by atoms with Crippen LogP contribution in [0.5, 0.6) is 0 Å². The lowest BCUT2D eigenvalue weighted by Gasteiger charge is -2.13. The van der Waals surface area contributed by atoms with Gasteiger partial charge in [0.25, 0.3) is 10.0 Å². The van der Waals surface area contributed by atoms with E-state index in [4.69, 9.17) is 11.6 Å². The van der Waals surface area contributed by atoms with Gasteiger partial charge in [0.15, 0.2) is 0 Å². The number of fused-ring (bicyclic) bond motifs is 1. The van der Waals surface area contributed by atoms with Crippen molar-refractivity contribution in [2.45, 2.75) is 11.8 Å². The van der Waals surface area contributed by atoms with Crippen LogP contribution in [0, 0.1) is 6.92 Å². The number of nitrogens with zero attached hydrogens (tertiary/aromatic N) is 3. The second kappa shape index (κ2) is 6.87. The van der Waals surface area contributed by atoms with Gasteiger partial charge >= 0.3 is 11.1 Å². The molecule has 0 fully saturated rings. The molecule has 0 aliphatic heterocycles. The highest BCUT2D eigenvalue weighted by molar-refractivity contribution is 7.92. The predicted molar refractivity (Wildman–Crippen MR) is 107 cm³/mol. The molecule has 0 saturated carbocycles. The van der Waals surface area contributed by atoms with E-state index in [1.54, 1.807) is 13.0 Å². The second-order valence-electron chi connectivity index (χ2n) is 6.18. The first-order chi connectivity index (χ1) is 13.7. The van der Waals surface area contributed by atoms with Gasteiger partial charge in [-0.25, -0.2) is 18.1 Å². The number of sulfonamides is 1. The number of hydrogen-bond acceptors (Lipinski definition) is 6. The molecule has 0 spiro atoms. The topological polar surface area (TPSA) is 143 Å². The van der Waals surface area contributed by atoms with Crippen molar-refractivity contribution in [3.8, 4) is 5.69 Å². The highest BCUT2D eigenvalue weighted by atomic mass is 35.5. The van der Waals surface area contributed by atoms with Crippen molar-refractivity contribution in [2.24, 2.45) is 0 Å². The number of aromatic nitrogens is 5. The first-order valence-electron chi connectivity index (χ1n) is 8.19. The normalized spacial score (nSPS) is 11.7. The van der Waals surface area contributed by atoms with Crippen molar-refractivity contribution in [1.29, 1.82) is 0 Å². The molecule has 148 valence electrons. The lowest BCUT2D eigenvalue weighted by atomic mass is 10.2. The molecule has 12 heteroatoms. The molecule has 2 aromatic carbocycles. The largest absolute Gasteiger partial charge is 0.316 e. The van der Waals surface area contributed by atoms with Gasteiger partial charge in [0.05, 0.1) is 32.3 Å². The minimum absolute atomic E-state index is 0.0517. The summed E-state index contributed by atoms with van der Waals surface area (Å²) >= 11 is 6.24. The second-order valence-corrected chi connectivity index (χ2v) is 8.24. The molecule has 0 radical (unpaired) electrons. The number of benzene rings is 2. The maximum atomic E-state index is 12.9. The van der Waals surface area contributed by atoms with Gasteiger partial charge in [0, 0.05) is 0 Å². The number of rotatable bonds is 4. The van der Waals surface area contributed by atoms with E-state index < -0.39 is 21.1 Å². The predicted octanol–water partition coefficient (Wildman–Crippen LogP) is 1.56. The summed E-state index contributed by atoms with van der Waals surface area (Å²) in [5.74, 6) is 0. The van der Waals surface area contributed by atoms with E-state index in [-0.39, 0.29) is 21.1 Å². The molecule has 0 unspecified atom stereocenters. The van der Waals surface area contributed by atoms with Crippen LogP contribution in [-0.2, 0) is 10.0 Å². The van der Waals surface area contributed by atoms with Crippen LogP contribution in [-0.4, -0.2) is 33.2 Å². The Morgan fingerprint density at radius 2 is 1.76 bits per heavy atom. The van der Waals surface area contributed by atoms with E-state index in [9.17, 15) is 18.0 Å². The standard InChI is InChI=1S/C17H13ClN6O4S/c1-9-4-12-13(22-17(26)16(25)21-12)6-15(9)29(27,28)23-10-2-3-14(11(18)5-10)24-8-19-7-20-24/h2-8,23H,1H3,(H,21,25)(H,22,26). The van der Waals surface area contributed by atoms with Crippen LogP contribution in [0.15, 0.2) is 57.5 Å². The molecule has 0 amide bonds. The third-order valence-electron chi connectivity index (χ3n) is 4.17. The fourth-order valence-corrected chi connectivity index (χ4v) is 4.41. The molecule has 2 aromatic heterocycles. The minimum Gasteiger partial charge on any atom is -0.316 e. The molecule has 10 nitrogen and oxygen atoms in total. The Morgan fingerprint density at radius 1 is 1.07 bits per heavy atom. The van der Waals surface area contributed by atoms with E-state index in [0.29, 0.717) is 16.8 Å². The van der Waals surface area contributed by atoms with Crippen LogP contribution in [0.3, 0.4) is 0 Å². The molecule has 2 heterocycles. The quantitative estimate of drug-likeness (QED) is 0.417. The van der Waals surface area contributed by atoms with Crippen molar-refractivity contribution in [3.05, 3.63) is 74.3 Å². The van der Waals surface area contributed by atoms with Gasteiger partial charge in [-0.2, -0.15) is 5.10 Å². The van der Waals surface area contributed by atoms with Crippen LogP contribution < -0.4 is 15.8 Å². The highest BCUT2D eigenvalue weighted by Crippen LogP contribution is 2.27. The Hall–Kier alpha value is -3.44. The number of hydrogen-bond donors (Lipinski definition) is 3. The van der Waals surface area contributed by atoms with E-state index in [2.05, 4.69) is 24.8 Å². The zero-order valence-corrected chi connectivity index (χ0v) is 16.4. The number of H-pyrrole nitrogens is 2. The zero-order valence-electron chi connectivity index (χ0n) is 14.8. The molecular formula is C17H13ClN6O4S.